The monoisotopic (exact) mass is 484 g/mol. The molecule has 2 bridgehead atoms. The zero-order valence-electron chi connectivity index (χ0n) is 20.4. The number of Topliss-reactive ketones (excluding diaryl/α,β-unsaturated/α-hetero) is 1. The lowest BCUT2D eigenvalue weighted by molar-refractivity contribution is -0.313. The Morgan fingerprint density at radius 1 is 0.941 bits per heavy atom. The van der Waals surface area contributed by atoms with Gasteiger partial charge in [-0.3, -0.25) is 24.0 Å². The molecule has 2 aliphatic carbocycles. The van der Waals surface area contributed by atoms with E-state index in [-0.39, 0.29) is 6.42 Å². The lowest BCUT2D eigenvalue weighted by atomic mass is 9.47. The van der Waals surface area contributed by atoms with Gasteiger partial charge in [0, 0.05) is 27.7 Å². The first-order valence-electron chi connectivity index (χ1n) is 11.2. The summed E-state index contributed by atoms with van der Waals surface area (Å²) in [6.07, 6.45) is -5.57. The van der Waals surface area contributed by atoms with E-state index < -0.39 is 89.1 Å². The summed E-state index contributed by atoms with van der Waals surface area (Å²) < 4.78 is 28.7. The van der Waals surface area contributed by atoms with Crippen LogP contribution in [0.3, 0.4) is 0 Å². The molecule has 0 aromatic carbocycles. The zero-order valence-corrected chi connectivity index (χ0v) is 20.4. The van der Waals surface area contributed by atoms with Crippen LogP contribution in [0.4, 0.5) is 0 Å². The molecular formula is C23H32O11. The number of esters is 4. The average Bonchev–Trinajstić information content (AvgIpc) is 2.87. The number of ether oxygens (including phenoxy) is 5. The molecule has 1 heterocycles. The molecule has 1 spiro atoms. The molecule has 190 valence electrons. The van der Waals surface area contributed by atoms with Gasteiger partial charge in [0.05, 0.1) is 17.6 Å². The SMILES string of the molecule is CC(=O)OC[C@]12[C@H](OC(C)=O)C(=O)[C@@H]3[C@@H](OC(C)=O)[C@]1(OC3(C)C)[C@H](C)C[C@H](O)[C@@H]2OC(C)=O. The van der Waals surface area contributed by atoms with E-state index in [1.807, 2.05) is 0 Å². The number of hydrogen-bond donors (Lipinski definition) is 1. The third-order valence-corrected chi connectivity index (χ3v) is 7.23. The van der Waals surface area contributed by atoms with Gasteiger partial charge in [0.2, 0.25) is 0 Å². The highest BCUT2D eigenvalue weighted by atomic mass is 16.6. The Morgan fingerprint density at radius 2 is 1.47 bits per heavy atom. The van der Waals surface area contributed by atoms with Gasteiger partial charge in [-0.1, -0.05) is 6.92 Å². The largest absolute Gasteiger partial charge is 0.465 e. The molecule has 11 heteroatoms. The number of rotatable bonds is 5. The summed E-state index contributed by atoms with van der Waals surface area (Å²) in [5.74, 6) is -5.30. The van der Waals surface area contributed by atoms with Crippen LogP contribution < -0.4 is 0 Å². The molecule has 1 saturated heterocycles. The molecule has 0 aromatic heterocycles. The summed E-state index contributed by atoms with van der Waals surface area (Å²) in [5.41, 5.74) is -4.73. The van der Waals surface area contributed by atoms with Crippen molar-refractivity contribution in [2.75, 3.05) is 6.61 Å². The Hall–Kier alpha value is -2.53. The molecule has 0 aromatic rings. The third kappa shape index (κ3) is 3.69. The van der Waals surface area contributed by atoms with E-state index in [1.165, 1.54) is 6.92 Å². The van der Waals surface area contributed by atoms with Gasteiger partial charge in [-0.05, 0) is 26.2 Å². The van der Waals surface area contributed by atoms with E-state index in [4.69, 9.17) is 23.7 Å². The van der Waals surface area contributed by atoms with Gasteiger partial charge >= 0.3 is 23.9 Å². The lowest BCUT2D eigenvalue weighted by Gasteiger charge is -2.62. The quantitative estimate of drug-likeness (QED) is 0.428. The van der Waals surface area contributed by atoms with Crippen LogP contribution in [0, 0.1) is 17.3 Å². The van der Waals surface area contributed by atoms with Crippen molar-refractivity contribution in [3.05, 3.63) is 0 Å². The van der Waals surface area contributed by atoms with Gasteiger partial charge in [0.15, 0.2) is 11.9 Å². The standard InChI is InChI=1S/C23H32O11/c1-10-8-15(28)18(31-12(3)25)22(9-30-11(2)24)20(33-14(5)27)17(29)16-19(32-13(4)26)23(10,22)34-21(16,6)7/h10,15-16,18-20,28H,8-9H2,1-7H3/t10-,15+,16-,18+,19-,20-,22+,23-/m1/s1. The third-order valence-electron chi connectivity index (χ3n) is 7.23. The first-order valence-corrected chi connectivity index (χ1v) is 11.2. The maximum atomic E-state index is 14.0. The van der Waals surface area contributed by atoms with Crippen LogP contribution in [0.1, 0.15) is 54.9 Å². The molecule has 3 aliphatic rings. The molecule has 34 heavy (non-hydrogen) atoms. The molecule has 1 N–H and O–H groups in total. The zero-order chi connectivity index (χ0) is 25.8. The van der Waals surface area contributed by atoms with Gasteiger partial charge in [0.25, 0.3) is 0 Å². The van der Waals surface area contributed by atoms with Crippen LogP contribution in [0.25, 0.3) is 0 Å². The van der Waals surface area contributed by atoms with Gasteiger partial charge in [-0.2, -0.15) is 0 Å². The summed E-state index contributed by atoms with van der Waals surface area (Å²) >= 11 is 0. The Bertz CT molecular complexity index is 911. The molecule has 3 fully saturated rings. The van der Waals surface area contributed by atoms with Gasteiger partial charge in [-0.25, -0.2) is 0 Å². The van der Waals surface area contributed by atoms with Gasteiger partial charge in [-0.15, -0.1) is 0 Å². The predicted octanol–water partition coefficient (Wildman–Crippen LogP) is 0.478. The second-order valence-electron chi connectivity index (χ2n) is 9.95. The Morgan fingerprint density at radius 3 is 1.97 bits per heavy atom. The van der Waals surface area contributed by atoms with Crippen LogP contribution in [-0.2, 0) is 47.7 Å². The van der Waals surface area contributed by atoms with E-state index in [2.05, 4.69) is 0 Å². The average molecular weight is 484 g/mol. The van der Waals surface area contributed by atoms with Crippen LogP contribution in [0.5, 0.6) is 0 Å². The van der Waals surface area contributed by atoms with Crippen LogP contribution in [0.2, 0.25) is 0 Å². The maximum Gasteiger partial charge on any atom is 0.303 e. The number of carbonyl (C=O) groups excluding carboxylic acids is 5. The molecule has 11 nitrogen and oxygen atoms in total. The van der Waals surface area contributed by atoms with Crippen LogP contribution >= 0.6 is 0 Å². The fourth-order valence-electron chi connectivity index (χ4n) is 6.38. The predicted molar refractivity (Wildman–Crippen MR) is 112 cm³/mol. The van der Waals surface area contributed by atoms with Crippen LogP contribution in [-0.4, -0.2) is 77.0 Å². The van der Waals surface area contributed by atoms with Crippen LogP contribution in [0.15, 0.2) is 0 Å². The smallest absolute Gasteiger partial charge is 0.303 e. The Labute approximate surface area is 197 Å². The molecule has 8 atom stereocenters. The Balaban J connectivity index is 2.42. The first kappa shape index (κ1) is 26.1. The fourth-order valence-corrected chi connectivity index (χ4v) is 6.38. The Kier molecular flexibility index (Phi) is 6.60. The minimum atomic E-state index is -1.91. The van der Waals surface area contributed by atoms with Crippen molar-refractivity contribution < 1.29 is 52.8 Å². The van der Waals surface area contributed by atoms with Crippen molar-refractivity contribution in [3.63, 3.8) is 0 Å². The molecule has 3 rings (SSSR count). The number of ketones is 1. The van der Waals surface area contributed by atoms with E-state index in [0.717, 1.165) is 20.8 Å². The maximum absolute atomic E-state index is 14.0. The molecule has 0 amide bonds. The number of aliphatic hydroxyl groups excluding tert-OH is 1. The highest BCUT2D eigenvalue weighted by molar-refractivity contribution is 5.93. The molecule has 0 radical (unpaired) electrons. The van der Waals surface area contributed by atoms with Crippen molar-refractivity contribution in [1.82, 2.24) is 0 Å². The van der Waals surface area contributed by atoms with Gasteiger partial charge < -0.3 is 28.8 Å². The molecular weight excluding hydrogens is 452 g/mol. The van der Waals surface area contributed by atoms with E-state index in [0.29, 0.717) is 0 Å². The minimum Gasteiger partial charge on any atom is -0.465 e. The summed E-state index contributed by atoms with van der Waals surface area (Å²) in [6.45, 7) is 8.97. The van der Waals surface area contributed by atoms with Crippen molar-refractivity contribution in [3.8, 4) is 0 Å². The van der Waals surface area contributed by atoms with Gasteiger partial charge in [0.1, 0.15) is 29.8 Å². The van der Waals surface area contributed by atoms with E-state index in [1.54, 1.807) is 20.8 Å². The normalized spacial score (nSPS) is 40.1. The van der Waals surface area contributed by atoms with Crippen molar-refractivity contribution in [2.24, 2.45) is 17.3 Å². The topological polar surface area (TPSA) is 152 Å². The number of fused-ring (bicyclic) bond motifs is 1. The van der Waals surface area contributed by atoms with E-state index >= 15 is 0 Å². The van der Waals surface area contributed by atoms with Crippen molar-refractivity contribution in [2.45, 2.75) is 90.5 Å². The minimum absolute atomic E-state index is 0.0430. The summed E-state index contributed by atoms with van der Waals surface area (Å²) in [6, 6.07) is 0. The summed E-state index contributed by atoms with van der Waals surface area (Å²) in [4.78, 5) is 62.4. The molecule has 2 saturated carbocycles. The second-order valence-corrected chi connectivity index (χ2v) is 9.95. The second kappa shape index (κ2) is 8.60. The highest BCUT2D eigenvalue weighted by Gasteiger charge is 2.84. The number of hydrogen-bond acceptors (Lipinski definition) is 11. The number of aliphatic hydroxyl groups is 1. The lowest BCUT2D eigenvalue weighted by Crippen LogP contribution is -2.80. The first-order chi connectivity index (χ1) is 15.6. The van der Waals surface area contributed by atoms with Crippen molar-refractivity contribution >= 4 is 29.7 Å². The highest BCUT2D eigenvalue weighted by Crippen LogP contribution is 2.66. The fraction of sp³-hybridized carbons (Fsp3) is 0.783. The summed E-state index contributed by atoms with van der Waals surface area (Å²) in [7, 11) is 0. The molecule has 1 aliphatic heterocycles. The summed E-state index contributed by atoms with van der Waals surface area (Å²) in [5, 5.41) is 11.1. The van der Waals surface area contributed by atoms with E-state index in [9.17, 15) is 29.1 Å². The molecule has 0 unspecified atom stereocenters. The van der Waals surface area contributed by atoms with Crippen molar-refractivity contribution in [1.29, 1.82) is 0 Å². The number of carbonyl (C=O) groups is 5.